The molecule has 0 amide bonds. The Kier molecular flexibility index (Phi) is 7.94. The first-order valence-electron chi connectivity index (χ1n) is 15.7. The first-order valence-corrected chi connectivity index (χ1v) is 16.1. The summed E-state index contributed by atoms with van der Waals surface area (Å²) >= 11 is 6.19. The summed E-state index contributed by atoms with van der Waals surface area (Å²) in [5.41, 5.74) is 0.730. The van der Waals surface area contributed by atoms with Gasteiger partial charge >= 0.3 is 0 Å². The summed E-state index contributed by atoms with van der Waals surface area (Å²) in [7, 11) is 0. The minimum Gasteiger partial charge on any atom is -0.385 e. The normalized spacial score (nSPS) is 43.0. The summed E-state index contributed by atoms with van der Waals surface area (Å²) < 4.78 is 12.3. The maximum absolute atomic E-state index is 12.1. The Morgan fingerprint density at radius 3 is 2.45 bits per heavy atom. The van der Waals surface area contributed by atoms with Gasteiger partial charge in [-0.05, 0) is 131 Å². The maximum atomic E-state index is 12.1. The molecule has 4 saturated carbocycles. The minimum atomic E-state index is -0.729. The molecule has 5 fully saturated rings. The van der Waals surface area contributed by atoms with Gasteiger partial charge in [0, 0.05) is 17.0 Å². The van der Waals surface area contributed by atoms with E-state index in [0.717, 1.165) is 74.0 Å². The molecule has 5 heteroatoms. The smallest absolute Gasteiger partial charge is 0.0952 e. The molecule has 8 atom stereocenters. The van der Waals surface area contributed by atoms with Crippen LogP contribution in [0.25, 0.3) is 0 Å². The number of hydrogen-bond donors (Lipinski definition) is 1. The lowest BCUT2D eigenvalue weighted by Gasteiger charge is -2.61. The zero-order chi connectivity index (χ0) is 26.4. The molecule has 1 N–H and O–H groups in total. The zero-order valence-corrected chi connectivity index (χ0v) is 24.6. The fourth-order valence-corrected chi connectivity index (χ4v) is 10.3. The number of fused-ring (bicyclic) bond motifs is 5. The van der Waals surface area contributed by atoms with Crippen molar-refractivity contribution in [3.05, 3.63) is 34.9 Å². The maximum Gasteiger partial charge on any atom is 0.0952 e. The van der Waals surface area contributed by atoms with Crippen LogP contribution in [0.15, 0.2) is 24.3 Å². The zero-order valence-electron chi connectivity index (χ0n) is 23.8. The quantitative estimate of drug-likeness (QED) is 0.356. The molecule has 1 aromatic rings. The second-order valence-electron chi connectivity index (χ2n) is 13.9. The number of hydrogen-bond acceptors (Lipinski definition) is 4. The average Bonchev–Trinajstić information content (AvgIpc) is 3.53. The summed E-state index contributed by atoms with van der Waals surface area (Å²) in [5, 5.41) is 12.9. The molecule has 0 radical (unpaired) electrons. The fourth-order valence-electron chi connectivity index (χ4n) is 10.2. The largest absolute Gasteiger partial charge is 0.385 e. The summed E-state index contributed by atoms with van der Waals surface area (Å²) in [5.74, 6) is 2.94. The Hall–Kier alpha value is -0.650. The molecule has 1 heterocycles. The first-order chi connectivity index (χ1) is 18.3. The van der Waals surface area contributed by atoms with E-state index in [1.165, 1.54) is 64.5 Å². The number of aliphatic hydroxyl groups is 1. The van der Waals surface area contributed by atoms with Crippen LogP contribution in [0.1, 0.15) is 90.0 Å². The van der Waals surface area contributed by atoms with Crippen LogP contribution < -0.4 is 0 Å². The molecule has 38 heavy (non-hydrogen) atoms. The topological polar surface area (TPSA) is 41.9 Å². The van der Waals surface area contributed by atoms with Crippen molar-refractivity contribution in [2.24, 2.45) is 34.5 Å². The third kappa shape index (κ3) is 4.79. The second kappa shape index (κ2) is 11.0. The molecule has 5 aliphatic rings. The molecule has 0 spiro atoms. The molecule has 0 unspecified atom stereocenters. The van der Waals surface area contributed by atoms with Crippen molar-refractivity contribution in [3.8, 4) is 0 Å². The molecular formula is C33H50ClNO3. The van der Waals surface area contributed by atoms with Crippen molar-refractivity contribution in [1.29, 1.82) is 0 Å². The van der Waals surface area contributed by atoms with Crippen LogP contribution in [0.5, 0.6) is 0 Å². The highest BCUT2D eigenvalue weighted by Crippen LogP contribution is 2.70. The average molecular weight is 544 g/mol. The van der Waals surface area contributed by atoms with Gasteiger partial charge in [0.05, 0.1) is 31.5 Å². The van der Waals surface area contributed by atoms with Crippen molar-refractivity contribution in [2.75, 3.05) is 39.5 Å². The highest BCUT2D eigenvalue weighted by molar-refractivity contribution is 6.30. The predicted octanol–water partition coefficient (Wildman–Crippen LogP) is 7.07. The number of likely N-dealkylation sites (tertiary alicyclic amines) is 1. The van der Waals surface area contributed by atoms with Crippen molar-refractivity contribution in [1.82, 2.24) is 4.90 Å². The van der Waals surface area contributed by atoms with Crippen molar-refractivity contribution in [2.45, 2.75) is 96.2 Å². The minimum absolute atomic E-state index is 0.0414. The van der Waals surface area contributed by atoms with Gasteiger partial charge in [0.1, 0.15) is 0 Å². The molecular weight excluding hydrogens is 494 g/mol. The molecule has 1 aliphatic heterocycles. The Balaban J connectivity index is 1.04. The SMILES string of the molecule is C[C@]12CC[C@H](OCCOCCN3CCCC3)C[C@H]1CC[C@@H]1[C@@H]2CC[C@@]2(C)[C@H]1CC[C@@]2(O)c1ccc(Cl)cc1. The lowest BCUT2D eigenvalue weighted by molar-refractivity contribution is -0.165. The van der Waals surface area contributed by atoms with E-state index in [4.69, 9.17) is 21.1 Å². The number of halogens is 1. The van der Waals surface area contributed by atoms with Crippen molar-refractivity contribution in [3.63, 3.8) is 0 Å². The predicted molar refractivity (Wildman–Crippen MR) is 153 cm³/mol. The number of benzene rings is 1. The molecule has 4 aliphatic carbocycles. The van der Waals surface area contributed by atoms with Gasteiger partial charge in [0.2, 0.25) is 0 Å². The van der Waals surface area contributed by atoms with Crippen LogP contribution >= 0.6 is 11.6 Å². The van der Waals surface area contributed by atoms with Crippen LogP contribution in [0.2, 0.25) is 5.02 Å². The van der Waals surface area contributed by atoms with Crippen LogP contribution in [0, 0.1) is 34.5 Å². The Morgan fingerprint density at radius 1 is 0.895 bits per heavy atom. The number of rotatable bonds is 8. The third-order valence-corrected chi connectivity index (χ3v) is 12.7. The summed E-state index contributed by atoms with van der Waals surface area (Å²) in [6.07, 6.45) is 13.9. The van der Waals surface area contributed by atoms with Gasteiger partial charge in [-0.3, -0.25) is 0 Å². The van der Waals surface area contributed by atoms with Gasteiger partial charge in [-0.1, -0.05) is 37.6 Å². The summed E-state index contributed by atoms with van der Waals surface area (Å²) in [6.45, 7) is 10.9. The fraction of sp³-hybridized carbons (Fsp3) is 0.818. The van der Waals surface area contributed by atoms with E-state index in [0.29, 0.717) is 17.4 Å². The highest BCUT2D eigenvalue weighted by Gasteiger charge is 2.65. The van der Waals surface area contributed by atoms with Crippen molar-refractivity contribution < 1.29 is 14.6 Å². The van der Waals surface area contributed by atoms with Gasteiger partial charge in [0.15, 0.2) is 0 Å². The van der Waals surface area contributed by atoms with E-state index in [1.807, 2.05) is 12.1 Å². The van der Waals surface area contributed by atoms with Crippen LogP contribution in [-0.2, 0) is 15.1 Å². The highest BCUT2D eigenvalue weighted by atomic mass is 35.5. The van der Waals surface area contributed by atoms with E-state index >= 15 is 0 Å². The van der Waals surface area contributed by atoms with Crippen LogP contribution in [-0.4, -0.2) is 55.6 Å². The molecule has 0 bridgehead atoms. The molecule has 4 nitrogen and oxygen atoms in total. The Labute approximate surface area is 235 Å². The van der Waals surface area contributed by atoms with E-state index in [9.17, 15) is 5.11 Å². The van der Waals surface area contributed by atoms with Crippen LogP contribution in [0.4, 0.5) is 0 Å². The monoisotopic (exact) mass is 543 g/mol. The van der Waals surface area contributed by atoms with Crippen molar-refractivity contribution >= 4 is 11.6 Å². The molecule has 0 aromatic heterocycles. The van der Waals surface area contributed by atoms with E-state index in [2.05, 4.69) is 30.9 Å². The van der Waals surface area contributed by atoms with Gasteiger partial charge in [-0.25, -0.2) is 0 Å². The molecule has 1 aromatic carbocycles. The number of ether oxygens (including phenoxy) is 2. The van der Waals surface area contributed by atoms with Crippen LogP contribution in [0.3, 0.4) is 0 Å². The Bertz CT molecular complexity index is 950. The first kappa shape index (κ1) is 27.5. The molecule has 1 saturated heterocycles. The number of nitrogens with zero attached hydrogens (tertiary/aromatic N) is 1. The molecule has 6 rings (SSSR count). The Morgan fingerprint density at radius 2 is 1.66 bits per heavy atom. The summed E-state index contributed by atoms with van der Waals surface area (Å²) in [4.78, 5) is 2.51. The van der Waals surface area contributed by atoms with E-state index < -0.39 is 5.60 Å². The van der Waals surface area contributed by atoms with Gasteiger partial charge in [-0.2, -0.15) is 0 Å². The third-order valence-electron chi connectivity index (χ3n) is 12.4. The molecule has 212 valence electrons. The van der Waals surface area contributed by atoms with E-state index in [-0.39, 0.29) is 5.41 Å². The van der Waals surface area contributed by atoms with Gasteiger partial charge in [-0.15, -0.1) is 0 Å². The lowest BCUT2D eigenvalue weighted by Crippen LogP contribution is -2.56. The van der Waals surface area contributed by atoms with Gasteiger partial charge in [0.25, 0.3) is 0 Å². The second-order valence-corrected chi connectivity index (χ2v) is 14.4. The standard InChI is InChI=1S/C33H50ClNO3/c1-31-14-11-27(38-22-21-37-20-19-35-17-3-4-18-35)23-25(31)7-10-28-29(31)12-15-32(2)30(28)13-16-33(32,36)24-5-8-26(34)9-6-24/h5-6,8-9,25,27-30,36H,3-4,7,10-23H2,1-2H3/t25-,27+,28-,29+,30+,31+,32+,33-/m1/s1. The lowest BCUT2D eigenvalue weighted by atomic mass is 9.44. The van der Waals surface area contributed by atoms with E-state index in [1.54, 1.807) is 0 Å². The van der Waals surface area contributed by atoms with Gasteiger partial charge < -0.3 is 19.5 Å². The summed E-state index contributed by atoms with van der Waals surface area (Å²) in [6, 6.07) is 8.04.